The fraction of sp³-hybridized carbons (Fsp3) is 0.368. The van der Waals surface area contributed by atoms with Crippen LogP contribution in [0.5, 0.6) is 5.75 Å². The minimum Gasteiger partial charge on any atom is -0.494 e. The van der Waals surface area contributed by atoms with Crippen molar-refractivity contribution in [1.82, 2.24) is 4.90 Å². The first-order chi connectivity index (χ1) is 11.2. The predicted molar refractivity (Wildman–Crippen MR) is 96.6 cm³/mol. The van der Waals surface area contributed by atoms with Gasteiger partial charge >= 0.3 is 0 Å². The van der Waals surface area contributed by atoms with E-state index in [9.17, 15) is 0 Å². The van der Waals surface area contributed by atoms with Crippen LogP contribution in [0.1, 0.15) is 12.5 Å². The standard InChI is InChI=1S/C19H23ClN2O/c1-2-23-19-9-3-16(4-10-19)15-21-11-13-22(14-12-21)18-7-5-17(20)6-8-18/h3-10H,2,11-15H2,1H3. The fourth-order valence-corrected chi connectivity index (χ4v) is 3.06. The van der Waals surface area contributed by atoms with E-state index in [2.05, 4.69) is 46.2 Å². The van der Waals surface area contributed by atoms with E-state index in [1.54, 1.807) is 0 Å². The molecule has 0 aliphatic carbocycles. The number of hydrogen-bond acceptors (Lipinski definition) is 3. The van der Waals surface area contributed by atoms with Crippen LogP contribution < -0.4 is 9.64 Å². The van der Waals surface area contributed by atoms with E-state index >= 15 is 0 Å². The van der Waals surface area contributed by atoms with Gasteiger partial charge in [-0.3, -0.25) is 4.90 Å². The molecule has 0 amide bonds. The fourth-order valence-electron chi connectivity index (χ4n) is 2.93. The van der Waals surface area contributed by atoms with E-state index in [1.807, 2.05) is 19.1 Å². The maximum atomic E-state index is 5.96. The summed E-state index contributed by atoms with van der Waals surface area (Å²) in [5, 5.41) is 0.794. The molecule has 23 heavy (non-hydrogen) atoms. The third kappa shape index (κ3) is 4.40. The van der Waals surface area contributed by atoms with Crippen molar-refractivity contribution in [2.75, 3.05) is 37.7 Å². The molecular formula is C19H23ClN2O. The monoisotopic (exact) mass is 330 g/mol. The highest BCUT2D eigenvalue weighted by Gasteiger charge is 2.17. The molecule has 1 fully saturated rings. The normalized spacial score (nSPS) is 15.7. The van der Waals surface area contributed by atoms with Gasteiger partial charge in [-0.15, -0.1) is 0 Å². The highest BCUT2D eigenvalue weighted by molar-refractivity contribution is 6.30. The average molecular weight is 331 g/mol. The molecule has 3 nitrogen and oxygen atoms in total. The van der Waals surface area contributed by atoms with Gasteiger partial charge in [0.05, 0.1) is 6.61 Å². The first-order valence-electron chi connectivity index (χ1n) is 8.19. The summed E-state index contributed by atoms with van der Waals surface area (Å²) in [4.78, 5) is 4.92. The molecule has 0 saturated carbocycles. The van der Waals surface area contributed by atoms with Crippen molar-refractivity contribution in [1.29, 1.82) is 0 Å². The van der Waals surface area contributed by atoms with Crippen molar-refractivity contribution in [3.8, 4) is 5.75 Å². The Balaban J connectivity index is 1.51. The lowest BCUT2D eigenvalue weighted by molar-refractivity contribution is 0.249. The lowest BCUT2D eigenvalue weighted by Gasteiger charge is -2.36. The molecule has 0 aromatic heterocycles. The lowest BCUT2D eigenvalue weighted by atomic mass is 10.2. The highest BCUT2D eigenvalue weighted by Crippen LogP contribution is 2.20. The number of nitrogens with zero attached hydrogens (tertiary/aromatic N) is 2. The van der Waals surface area contributed by atoms with E-state index in [-0.39, 0.29) is 0 Å². The van der Waals surface area contributed by atoms with Gasteiger partial charge in [-0.2, -0.15) is 0 Å². The zero-order chi connectivity index (χ0) is 16.1. The van der Waals surface area contributed by atoms with Crippen LogP contribution in [0.15, 0.2) is 48.5 Å². The van der Waals surface area contributed by atoms with E-state index in [0.717, 1.165) is 43.5 Å². The first kappa shape index (κ1) is 16.2. The number of halogens is 1. The molecule has 1 heterocycles. The van der Waals surface area contributed by atoms with Crippen molar-refractivity contribution >= 4 is 17.3 Å². The van der Waals surface area contributed by atoms with Crippen LogP contribution in [0.2, 0.25) is 5.02 Å². The molecule has 1 saturated heterocycles. The number of benzene rings is 2. The van der Waals surface area contributed by atoms with Gasteiger partial charge in [-0.05, 0) is 48.9 Å². The maximum absolute atomic E-state index is 5.96. The molecule has 0 spiro atoms. The van der Waals surface area contributed by atoms with Crippen LogP contribution in [-0.4, -0.2) is 37.7 Å². The Bertz CT molecular complexity index is 604. The van der Waals surface area contributed by atoms with E-state index in [1.165, 1.54) is 11.3 Å². The summed E-state index contributed by atoms with van der Waals surface area (Å²) >= 11 is 5.96. The summed E-state index contributed by atoms with van der Waals surface area (Å²) in [6.45, 7) is 7.99. The number of rotatable bonds is 5. The van der Waals surface area contributed by atoms with Crippen LogP contribution in [-0.2, 0) is 6.54 Å². The summed E-state index contributed by atoms with van der Waals surface area (Å²) in [5.74, 6) is 0.948. The second-order valence-electron chi connectivity index (χ2n) is 5.82. The van der Waals surface area contributed by atoms with Crippen LogP contribution >= 0.6 is 11.6 Å². The SMILES string of the molecule is CCOc1ccc(CN2CCN(c3ccc(Cl)cc3)CC2)cc1. The Kier molecular flexibility index (Phi) is 5.42. The topological polar surface area (TPSA) is 15.7 Å². The van der Waals surface area contributed by atoms with Gasteiger partial charge in [0.15, 0.2) is 0 Å². The number of hydrogen-bond donors (Lipinski definition) is 0. The molecule has 0 radical (unpaired) electrons. The van der Waals surface area contributed by atoms with Crippen LogP contribution in [0, 0.1) is 0 Å². The molecule has 0 N–H and O–H groups in total. The van der Waals surface area contributed by atoms with Gasteiger partial charge in [0.1, 0.15) is 5.75 Å². The van der Waals surface area contributed by atoms with Gasteiger partial charge in [0, 0.05) is 43.4 Å². The molecule has 1 aliphatic rings. The van der Waals surface area contributed by atoms with Gasteiger partial charge in [-0.25, -0.2) is 0 Å². The molecule has 0 bridgehead atoms. The van der Waals surface area contributed by atoms with Crippen LogP contribution in [0.3, 0.4) is 0 Å². The summed E-state index contributed by atoms with van der Waals surface area (Å²) in [6, 6.07) is 16.6. The second-order valence-corrected chi connectivity index (χ2v) is 6.25. The molecule has 1 aliphatic heterocycles. The third-order valence-electron chi connectivity index (χ3n) is 4.20. The molecule has 122 valence electrons. The Morgan fingerprint density at radius 2 is 1.57 bits per heavy atom. The minimum atomic E-state index is 0.714. The maximum Gasteiger partial charge on any atom is 0.119 e. The quantitative estimate of drug-likeness (QED) is 0.822. The van der Waals surface area contributed by atoms with Crippen molar-refractivity contribution < 1.29 is 4.74 Å². The van der Waals surface area contributed by atoms with E-state index < -0.39 is 0 Å². The Labute approximate surface area is 143 Å². The second kappa shape index (κ2) is 7.71. The molecule has 3 rings (SSSR count). The third-order valence-corrected chi connectivity index (χ3v) is 4.46. The molecule has 4 heteroatoms. The van der Waals surface area contributed by atoms with Crippen molar-refractivity contribution in [2.24, 2.45) is 0 Å². The Hall–Kier alpha value is -1.71. The smallest absolute Gasteiger partial charge is 0.119 e. The number of anilines is 1. The van der Waals surface area contributed by atoms with Gasteiger partial charge in [0.25, 0.3) is 0 Å². The lowest BCUT2D eigenvalue weighted by Crippen LogP contribution is -2.45. The van der Waals surface area contributed by atoms with E-state index in [0.29, 0.717) is 6.61 Å². The summed E-state index contributed by atoms with van der Waals surface area (Å²) in [5.41, 5.74) is 2.60. The van der Waals surface area contributed by atoms with Crippen LogP contribution in [0.25, 0.3) is 0 Å². The predicted octanol–water partition coefficient (Wildman–Crippen LogP) is 4.06. The van der Waals surface area contributed by atoms with Crippen LogP contribution in [0.4, 0.5) is 5.69 Å². The van der Waals surface area contributed by atoms with Crippen molar-refractivity contribution in [2.45, 2.75) is 13.5 Å². The Morgan fingerprint density at radius 3 is 2.17 bits per heavy atom. The van der Waals surface area contributed by atoms with Gasteiger partial charge in [0.2, 0.25) is 0 Å². The Morgan fingerprint density at radius 1 is 0.913 bits per heavy atom. The summed E-state index contributed by atoms with van der Waals surface area (Å²) in [6.07, 6.45) is 0. The van der Waals surface area contributed by atoms with Gasteiger partial charge in [-0.1, -0.05) is 23.7 Å². The van der Waals surface area contributed by atoms with Gasteiger partial charge < -0.3 is 9.64 Å². The molecule has 2 aromatic carbocycles. The zero-order valence-corrected chi connectivity index (χ0v) is 14.3. The van der Waals surface area contributed by atoms with Crippen molar-refractivity contribution in [3.63, 3.8) is 0 Å². The first-order valence-corrected chi connectivity index (χ1v) is 8.57. The number of piperazine rings is 1. The zero-order valence-electron chi connectivity index (χ0n) is 13.5. The van der Waals surface area contributed by atoms with E-state index in [4.69, 9.17) is 16.3 Å². The highest BCUT2D eigenvalue weighted by atomic mass is 35.5. The minimum absolute atomic E-state index is 0.714. The summed E-state index contributed by atoms with van der Waals surface area (Å²) < 4.78 is 5.49. The molecule has 2 aromatic rings. The number of ether oxygens (including phenoxy) is 1. The molecule has 0 unspecified atom stereocenters. The van der Waals surface area contributed by atoms with Crippen molar-refractivity contribution in [3.05, 3.63) is 59.1 Å². The average Bonchev–Trinajstić information content (AvgIpc) is 2.58. The summed E-state index contributed by atoms with van der Waals surface area (Å²) in [7, 11) is 0. The molecular weight excluding hydrogens is 308 g/mol. The largest absolute Gasteiger partial charge is 0.494 e. The molecule has 0 atom stereocenters.